The Balaban J connectivity index is 1.80. The van der Waals surface area contributed by atoms with Crippen LogP contribution in [0.5, 0.6) is 0 Å². The molecule has 0 aliphatic rings. The molecule has 2 aromatic heterocycles. The third-order valence-electron chi connectivity index (χ3n) is 2.85. The first-order chi connectivity index (χ1) is 9.63. The Morgan fingerprint density at radius 2 is 2.00 bits per heavy atom. The molecule has 3 rings (SSSR count). The van der Waals surface area contributed by atoms with E-state index in [0.29, 0.717) is 10.7 Å². The van der Waals surface area contributed by atoms with Crippen LogP contribution in [0.15, 0.2) is 36.5 Å². The monoisotopic (exact) mass is 285 g/mol. The summed E-state index contributed by atoms with van der Waals surface area (Å²) in [6, 6.07) is 9.13. The van der Waals surface area contributed by atoms with Gasteiger partial charge in [-0.15, -0.1) is 11.3 Å². The average Bonchev–Trinajstić information content (AvgIpc) is 3.04. The van der Waals surface area contributed by atoms with E-state index in [4.69, 9.17) is 0 Å². The van der Waals surface area contributed by atoms with Crippen molar-refractivity contribution in [2.45, 2.75) is 6.42 Å². The van der Waals surface area contributed by atoms with Gasteiger partial charge in [-0.1, -0.05) is 12.1 Å². The molecule has 0 saturated carbocycles. The molecular formula is C14H11N3O2S. The summed E-state index contributed by atoms with van der Waals surface area (Å²) in [5, 5.41) is 4.37. The van der Waals surface area contributed by atoms with Crippen molar-refractivity contribution in [2.75, 3.05) is 0 Å². The lowest BCUT2D eigenvalue weighted by Crippen LogP contribution is -2.09. The summed E-state index contributed by atoms with van der Waals surface area (Å²) in [7, 11) is 1.73. The lowest BCUT2D eigenvalue weighted by atomic mass is 10.1. The van der Waals surface area contributed by atoms with E-state index in [1.165, 1.54) is 16.0 Å². The molecule has 0 aliphatic heterocycles. The first-order valence-electron chi connectivity index (χ1n) is 6.05. The maximum Gasteiger partial charge on any atom is 0.199 e. The van der Waals surface area contributed by atoms with E-state index in [-0.39, 0.29) is 18.0 Å². The highest BCUT2D eigenvalue weighted by atomic mass is 32.1. The molecule has 0 unspecified atom stereocenters. The van der Waals surface area contributed by atoms with E-state index in [1.807, 2.05) is 24.3 Å². The van der Waals surface area contributed by atoms with E-state index in [9.17, 15) is 9.59 Å². The first-order valence-corrected chi connectivity index (χ1v) is 6.87. The van der Waals surface area contributed by atoms with Crippen LogP contribution in [0, 0.1) is 0 Å². The smallest absolute Gasteiger partial charge is 0.199 e. The Bertz CT molecular complexity index is 770. The minimum atomic E-state index is -0.283. The minimum absolute atomic E-state index is 0.198. The molecule has 20 heavy (non-hydrogen) atoms. The Labute approximate surface area is 118 Å². The molecule has 0 bridgehead atoms. The highest BCUT2D eigenvalue weighted by molar-refractivity contribution is 7.20. The van der Waals surface area contributed by atoms with Crippen molar-refractivity contribution in [3.8, 4) is 0 Å². The Morgan fingerprint density at radius 1 is 1.20 bits per heavy atom. The molecule has 6 heteroatoms. The predicted octanol–water partition coefficient (Wildman–Crippen LogP) is 2.49. The highest BCUT2D eigenvalue weighted by Crippen LogP contribution is 2.22. The molecule has 2 heterocycles. The normalized spacial score (nSPS) is 10.8. The molecule has 0 saturated heterocycles. The summed E-state index contributed by atoms with van der Waals surface area (Å²) < 4.78 is 2.48. The molecule has 100 valence electrons. The topological polar surface area (TPSA) is 64.8 Å². The van der Waals surface area contributed by atoms with E-state index >= 15 is 0 Å². The zero-order valence-corrected chi connectivity index (χ0v) is 11.6. The van der Waals surface area contributed by atoms with Crippen molar-refractivity contribution < 1.29 is 9.59 Å². The summed E-state index contributed by atoms with van der Waals surface area (Å²) in [5.74, 6) is -0.545. The number of carbonyl (C=O) groups is 2. The van der Waals surface area contributed by atoms with Gasteiger partial charge in [-0.3, -0.25) is 14.3 Å². The Morgan fingerprint density at radius 3 is 2.70 bits per heavy atom. The molecule has 1 aromatic carbocycles. The number of Topliss-reactive ketones (excluding diaryl/α,β-unsaturated/α-hetero) is 2. The van der Waals surface area contributed by atoms with Crippen molar-refractivity contribution in [1.29, 1.82) is 0 Å². The molecular weight excluding hydrogens is 274 g/mol. The number of ketones is 2. The van der Waals surface area contributed by atoms with Gasteiger partial charge in [0.1, 0.15) is 5.69 Å². The predicted molar refractivity (Wildman–Crippen MR) is 76.1 cm³/mol. The summed E-state index contributed by atoms with van der Waals surface area (Å²) in [6.07, 6.45) is 1.48. The standard InChI is InChI=1S/C14H11N3O2S/c1-17-7-6-9(16-17)11(18)8-12(19)14-15-10-4-2-3-5-13(10)20-14/h2-7H,8H2,1H3. The van der Waals surface area contributed by atoms with E-state index in [1.54, 1.807) is 19.3 Å². The second kappa shape index (κ2) is 4.97. The van der Waals surface area contributed by atoms with Gasteiger partial charge in [-0.2, -0.15) is 5.10 Å². The number of benzene rings is 1. The summed E-state index contributed by atoms with van der Waals surface area (Å²) in [4.78, 5) is 28.3. The maximum absolute atomic E-state index is 12.1. The van der Waals surface area contributed by atoms with Crippen molar-refractivity contribution in [3.05, 3.63) is 47.2 Å². The van der Waals surface area contributed by atoms with Gasteiger partial charge in [0.05, 0.1) is 16.6 Å². The number of nitrogens with zero attached hydrogens (tertiary/aromatic N) is 3. The lowest BCUT2D eigenvalue weighted by Gasteiger charge is -1.94. The molecule has 0 radical (unpaired) electrons. The zero-order valence-electron chi connectivity index (χ0n) is 10.7. The van der Waals surface area contributed by atoms with Crippen LogP contribution in [0.2, 0.25) is 0 Å². The van der Waals surface area contributed by atoms with Gasteiger partial charge in [0, 0.05) is 13.2 Å². The van der Waals surface area contributed by atoms with Gasteiger partial charge in [0.15, 0.2) is 16.6 Å². The van der Waals surface area contributed by atoms with E-state index in [0.717, 1.165) is 10.2 Å². The van der Waals surface area contributed by atoms with E-state index < -0.39 is 0 Å². The molecule has 0 fully saturated rings. The van der Waals surface area contributed by atoms with Gasteiger partial charge in [0.25, 0.3) is 0 Å². The minimum Gasteiger partial charge on any atom is -0.292 e. The fourth-order valence-electron chi connectivity index (χ4n) is 1.87. The second-order valence-electron chi connectivity index (χ2n) is 4.38. The van der Waals surface area contributed by atoms with Crippen LogP contribution in [0.4, 0.5) is 0 Å². The van der Waals surface area contributed by atoms with Gasteiger partial charge in [0.2, 0.25) is 0 Å². The van der Waals surface area contributed by atoms with Gasteiger partial charge < -0.3 is 0 Å². The molecule has 0 spiro atoms. The summed E-state index contributed by atoms with van der Waals surface area (Å²) in [5.41, 5.74) is 1.09. The third-order valence-corrected chi connectivity index (χ3v) is 3.93. The van der Waals surface area contributed by atoms with Crippen molar-refractivity contribution in [1.82, 2.24) is 14.8 Å². The number of rotatable bonds is 4. The lowest BCUT2D eigenvalue weighted by molar-refractivity contribution is 0.0891. The number of aryl methyl sites for hydroxylation is 1. The van der Waals surface area contributed by atoms with Crippen molar-refractivity contribution in [3.63, 3.8) is 0 Å². The Hall–Kier alpha value is -2.34. The van der Waals surface area contributed by atoms with Crippen LogP contribution in [0.3, 0.4) is 0 Å². The highest BCUT2D eigenvalue weighted by Gasteiger charge is 2.18. The second-order valence-corrected chi connectivity index (χ2v) is 5.42. The maximum atomic E-state index is 12.1. The van der Waals surface area contributed by atoms with Crippen LogP contribution < -0.4 is 0 Å². The third kappa shape index (κ3) is 2.37. The number of carbonyl (C=O) groups excluding carboxylic acids is 2. The SMILES string of the molecule is Cn1ccc(C(=O)CC(=O)c2nc3ccccc3s2)n1. The largest absolute Gasteiger partial charge is 0.292 e. The van der Waals surface area contributed by atoms with Crippen LogP contribution in [0.1, 0.15) is 26.7 Å². The van der Waals surface area contributed by atoms with Crippen LogP contribution in [-0.4, -0.2) is 26.3 Å². The summed E-state index contributed by atoms with van der Waals surface area (Å²) in [6.45, 7) is 0. The van der Waals surface area contributed by atoms with Gasteiger partial charge >= 0.3 is 0 Å². The molecule has 0 N–H and O–H groups in total. The van der Waals surface area contributed by atoms with Gasteiger partial charge in [-0.25, -0.2) is 4.98 Å². The summed E-state index contributed by atoms with van der Waals surface area (Å²) >= 11 is 1.31. The number of hydrogen-bond acceptors (Lipinski definition) is 5. The first kappa shape index (κ1) is 12.7. The number of aromatic nitrogens is 3. The zero-order chi connectivity index (χ0) is 14.1. The Kier molecular flexibility index (Phi) is 3.15. The number of hydrogen-bond donors (Lipinski definition) is 0. The van der Waals surface area contributed by atoms with Crippen LogP contribution >= 0.6 is 11.3 Å². The van der Waals surface area contributed by atoms with Crippen LogP contribution in [-0.2, 0) is 7.05 Å². The number of para-hydroxylation sites is 1. The van der Waals surface area contributed by atoms with Crippen molar-refractivity contribution in [2.24, 2.45) is 7.05 Å². The molecule has 5 nitrogen and oxygen atoms in total. The van der Waals surface area contributed by atoms with Crippen LogP contribution in [0.25, 0.3) is 10.2 Å². The quantitative estimate of drug-likeness (QED) is 0.545. The van der Waals surface area contributed by atoms with Crippen molar-refractivity contribution >= 4 is 33.1 Å². The van der Waals surface area contributed by atoms with Gasteiger partial charge in [-0.05, 0) is 18.2 Å². The number of fused-ring (bicyclic) bond motifs is 1. The molecule has 0 atom stereocenters. The number of thiazole rings is 1. The fraction of sp³-hybridized carbons (Fsp3) is 0.143. The average molecular weight is 285 g/mol. The fourth-order valence-corrected chi connectivity index (χ4v) is 2.77. The van der Waals surface area contributed by atoms with E-state index in [2.05, 4.69) is 10.1 Å². The molecule has 0 amide bonds. The molecule has 3 aromatic rings. The molecule has 0 aliphatic carbocycles.